The fourth-order valence-corrected chi connectivity index (χ4v) is 2.85. The van der Waals surface area contributed by atoms with E-state index in [1.165, 1.54) is 12.1 Å². The number of carbonyl (C=O) groups excluding carboxylic acids is 2. The molecule has 0 bridgehead atoms. The minimum absolute atomic E-state index is 0.212. The van der Waals surface area contributed by atoms with E-state index in [1.54, 1.807) is 18.7 Å². The standard InChI is InChI=1S/C17H23F2N3O3/c1-3-25-17(24)22-8-6-21(7-9-22)11-16(23)20-12(2)14-5-4-13(18)10-15(14)19/h4-5,10,12H,3,6-9,11H2,1-2H3,(H,20,23)/p+1/t12-/m1/s1. The monoisotopic (exact) mass is 356 g/mol. The fraction of sp³-hybridized carbons (Fsp3) is 0.529. The molecule has 1 atom stereocenters. The van der Waals surface area contributed by atoms with Gasteiger partial charge in [-0.05, 0) is 19.9 Å². The summed E-state index contributed by atoms with van der Waals surface area (Å²) in [4.78, 5) is 26.5. The minimum Gasteiger partial charge on any atom is -0.450 e. The molecule has 1 aromatic rings. The van der Waals surface area contributed by atoms with E-state index in [4.69, 9.17) is 4.74 Å². The Labute approximate surface area is 145 Å². The first-order chi connectivity index (χ1) is 11.9. The molecular formula is C17H24F2N3O3+. The summed E-state index contributed by atoms with van der Waals surface area (Å²) in [5, 5.41) is 2.73. The topological polar surface area (TPSA) is 63.1 Å². The fourth-order valence-electron chi connectivity index (χ4n) is 2.85. The maximum atomic E-state index is 13.7. The van der Waals surface area contributed by atoms with Crippen LogP contribution in [-0.2, 0) is 9.53 Å². The first-order valence-corrected chi connectivity index (χ1v) is 8.40. The average molecular weight is 356 g/mol. The molecule has 6 nitrogen and oxygen atoms in total. The average Bonchev–Trinajstić information content (AvgIpc) is 2.55. The van der Waals surface area contributed by atoms with E-state index in [9.17, 15) is 18.4 Å². The van der Waals surface area contributed by atoms with Crippen molar-refractivity contribution in [3.8, 4) is 0 Å². The third kappa shape index (κ3) is 5.38. The molecule has 0 saturated carbocycles. The minimum atomic E-state index is -0.678. The molecule has 8 heteroatoms. The first-order valence-electron chi connectivity index (χ1n) is 8.40. The first kappa shape index (κ1) is 19.1. The van der Waals surface area contributed by atoms with Gasteiger partial charge in [-0.1, -0.05) is 6.07 Å². The van der Waals surface area contributed by atoms with Gasteiger partial charge in [0.15, 0.2) is 6.54 Å². The van der Waals surface area contributed by atoms with Gasteiger partial charge in [-0.2, -0.15) is 0 Å². The number of rotatable bonds is 5. The van der Waals surface area contributed by atoms with Gasteiger partial charge in [0.05, 0.1) is 38.8 Å². The van der Waals surface area contributed by atoms with Crippen molar-refractivity contribution in [2.24, 2.45) is 0 Å². The Kier molecular flexibility index (Phi) is 6.69. The van der Waals surface area contributed by atoms with Gasteiger partial charge in [0.1, 0.15) is 11.6 Å². The summed E-state index contributed by atoms with van der Waals surface area (Å²) < 4.78 is 31.7. The number of hydrogen-bond acceptors (Lipinski definition) is 3. The molecule has 2 amide bonds. The number of carbonyl (C=O) groups is 2. The van der Waals surface area contributed by atoms with Crippen LogP contribution in [0.3, 0.4) is 0 Å². The zero-order valence-electron chi connectivity index (χ0n) is 14.5. The van der Waals surface area contributed by atoms with Gasteiger partial charge in [0.2, 0.25) is 0 Å². The Hall–Kier alpha value is -2.22. The van der Waals surface area contributed by atoms with Crippen LogP contribution < -0.4 is 10.2 Å². The maximum Gasteiger partial charge on any atom is 0.410 e. The molecular weight excluding hydrogens is 332 g/mol. The lowest BCUT2D eigenvalue weighted by Crippen LogP contribution is -3.15. The molecule has 1 heterocycles. The number of ether oxygens (including phenoxy) is 1. The van der Waals surface area contributed by atoms with Crippen LogP contribution >= 0.6 is 0 Å². The van der Waals surface area contributed by atoms with Crippen molar-refractivity contribution in [3.63, 3.8) is 0 Å². The Morgan fingerprint density at radius 3 is 2.60 bits per heavy atom. The molecule has 0 unspecified atom stereocenters. The SMILES string of the molecule is CCOC(=O)N1CC[NH+](CC(=O)N[C@H](C)c2ccc(F)cc2F)CC1. The third-order valence-corrected chi connectivity index (χ3v) is 4.21. The summed E-state index contributed by atoms with van der Waals surface area (Å²) in [5.41, 5.74) is 0.247. The molecule has 0 spiro atoms. The summed E-state index contributed by atoms with van der Waals surface area (Å²) in [6, 6.07) is 2.76. The van der Waals surface area contributed by atoms with Gasteiger partial charge >= 0.3 is 6.09 Å². The van der Waals surface area contributed by atoms with E-state index < -0.39 is 17.7 Å². The molecule has 2 rings (SSSR count). The summed E-state index contributed by atoms with van der Waals surface area (Å²) in [5.74, 6) is -1.54. The van der Waals surface area contributed by atoms with Crippen LogP contribution in [0, 0.1) is 11.6 Å². The Balaban J connectivity index is 1.80. The van der Waals surface area contributed by atoms with E-state index in [2.05, 4.69) is 5.32 Å². The summed E-state index contributed by atoms with van der Waals surface area (Å²) in [6.45, 7) is 6.34. The summed E-state index contributed by atoms with van der Waals surface area (Å²) >= 11 is 0. The van der Waals surface area contributed by atoms with Crippen LogP contribution in [-0.4, -0.2) is 56.2 Å². The molecule has 1 aromatic carbocycles. The largest absolute Gasteiger partial charge is 0.450 e. The number of piperazine rings is 1. The van der Waals surface area contributed by atoms with Gasteiger partial charge in [0.25, 0.3) is 5.91 Å². The third-order valence-electron chi connectivity index (χ3n) is 4.21. The molecule has 0 aliphatic carbocycles. The van der Waals surface area contributed by atoms with E-state index in [0.717, 1.165) is 11.0 Å². The Bertz CT molecular complexity index is 619. The van der Waals surface area contributed by atoms with Crippen molar-refractivity contribution in [1.29, 1.82) is 0 Å². The number of amides is 2. The second-order valence-corrected chi connectivity index (χ2v) is 6.07. The zero-order valence-corrected chi connectivity index (χ0v) is 14.5. The summed E-state index contributed by atoms with van der Waals surface area (Å²) in [6.07, 6.45) is -0.327. The van der Waals surface area contributed by atoms with Gasteiger partial charge in [-0.25, -0.2) is 13.6 Å². The highest BCUT2D eigenvalue weighted by Gasteiger charge is 2.26. The van der Waals surface area contributed by atoms with Gasteiger partial charge in [0, 0.05) is 11.6 Å². The van der Waals surface area contributed by atoms with E-state index >= 15 is 0 Å². The lowest BCUT2D eigenvalue weighted by Gasteiger charge is -2.31. The van der Waals surface area contributed by atoms with Gasteiger partial charge < -0.3 is 15.0 Å². The molecule has 1 aliphatic heterocycles. The van der Waals surface area contributed by atoms with Gasteiger partial charge in [-0.15, -0.1) is 0 Å². The van der Waals surface area contributed by atoms with Crippen LogP contribution in [0.25, 0.3) is 0 Å². The quantitative estimate of drug-likeness (QED) is 0.808. The molecule has 25 heavy (non-hydrogen) atoms. The Morgan fingerprint density at radius 2 is 2.00 bits per heavy atom. The van der Waals surface area contributed by atoms with Crippen molar-refractivity contribution in [2.45, 2.75) is 19.9 Å². The molecule has 0 radical (unpaired) electrons. The number of hydrogen-bond donors (Lipinski definition) is 2. The number of nitrogens with zero attached hydrogens (tertiary/aromatic N) is 1. The van der Waals surface area contributed by atoms with Crippen molar-refractivity contribution >= 4 is 12.0 Å². The predicted octanol–water partition coefficient (Wildman–Crippen LogP) is 0.499. The molecule has 0 aromatic heterocycles. The Morgan fingerprint density at radius 1 is 1.32 bits per heavy atom. The van der Waals surface area contributed by atoms with Crippen LogP contribution in [0.1, 0.15) is 25.5 Å². The second kappa shape index (κ2) is 8.75. The smallest absolute Gasteiger partial charge is 0.410 e. The highest BCUT2D eigenvalue weighted by atomic mass is 19.1. The normalized spacial score (nSPS) is 16.4. The number of nitrogens with one attached hydrogen (secondary N) is 2. The molecule has 2 N–H and O–H groups in total. The number of halogens is 2. The predicted molar refractivity (Wildman–Crippen MR) is 87.1 cm³/mol. The molecule has 138 valence electrons. The molecule has 1 saturated heterocycles. The van der Waals surface area contributed by atoms with Crippen molar-refractivity contribution < 1.29 is 28.0 Å². The highest BCUT2D eigenvalue weighted by molar-refractivity contribution is 5.77. The van der Waals surface area contributed by atoms with E-state index in [-0.39, 0.29) is 24.1 Å². The van der Waals surface area contributed by atoms with Gasteiger partial charge in [-0.3, -0.25) is 9.69 Å². The van der Waals surface area contributed by atoms with Crippen molar-refractivity contribution in [2.75, 3.05) is 39.3 Å². The van der Waals surface area contributed by atoms with Crippen molar-refractivity contribution in [3.05, 3.63) is 35.4 Å². The lowest BCUT2D eigenvalue weighted by molar-refractivity contribution is -0.896. The number of quaternary nitrogens is 1. The van der Waals surface area contributed by atoms with Crippen LogP contribution in [0.5, 0.6) is 0 Å². The highest BCUT2D eigenvalue weighted by Crippen LogP contribution is 2.17. The second-order valence-electron chi connectivity index (χ2n) is 6.07. The molecule has 1 aliphatic rings. The van der Waals surface area contributed by atoms with E-state index in [1.807, 2.05) is 0 Å². The van der Waals surface area contributed by atoms with Crippen LogP contribution in [0.15, 0.2) is 18.2 Å². The maximum absolute atomic E-state index is 13.7. The van der Waals surface area contributed by atoms with Crippen molar-refractivity contribution in [1.82, 2.24) is 10.2 Å². The van der Waals surface area contributed by atoms with Crippen LogP contribution in [0.2, 0.25) is 0 Å². The van der Waals surface area contributed by atoms with E-state index in [0.29, 0.717) is 32.8 Å². The lowest BCUT2D eigenvalue weighted by atomic mass is 10.1. The zero-order chi connectivity index (χ0) is 18.4. The molecule has 1 fully saturated rings. The van der Waals surface area contributed by atoms with Crippen LogP contribution in [0.4, 0.5) is 13.6 Å². The summed E-state index contributed by atoms with van der Waals surface area (Å²) in [7, 11) is 0. The number of benzene rings is 1.